The zero-order valence-corrected chi connectivity index (χ0v) is 11.6. The number of halogens is 1. The summed E-state index contributed by atoms with van der Waals surface area (Å²) in [6.07, 6.45) is 2.58. The summed E-state index contributed by atoms with van der Waals surface area (Å²) < 4.78 is 0. The molecule has 0 bridgehead atoms. The molecule has 0 amide bonds. The number of nitrogens with one attached hydrogen (secondary N) is 1. The topological polar surface area (TPSA) is 63.8 Å². The SMILES string of the molecule is CCc1ncc(NCCN)c(-c2ccccc2Cl)n1. The molecule has 4 nitrogen and oxygen atoms in total. The standard InChI is InChI=1S/C14H17ClN4/c1-2-13-18-9-12(17-8-7-16)14(19-13)10-5-3-4-6-11(10)15/h3-6,9,17H,2,7-8,16H2,1H3. The van der Waals surface area contributed by atoms with Gasteiger partial charge in [-0.05, 0) is 6.07 Å². The Morgan fingerprint density at radius 3 is 2.79 bits per heavy atom. The monoisotopic (exact) mass is 276 g/mol. The van der Waals surface area contributed by atoms with Gasteiger partial charge in [0, 0.05) is 25.1 Å². The first-order valence-corrected chi connectivity index (χ1v) is 6.68. The maximum atomic E-state index is 6.25. The van der Waals surface area contributed by atoms with Crippen molar-refractivity contribution < 1.29 is 0 Å². The first-order chi connectivity index (χ1) is 9.26. The summed E-state index contributed by atoms with van der Waals surface area (Å²) in [5.41, 5.74) is 8.11. The summed E-state index contributed by atoms with van der Waals surface area (Å²) in [5.74, 6) is 0.799. The molecule has 19 heavy (non-hydrogen) atoms. The van der Waals surface area contributed by atoms with Crippen molar-refractivity contribution in [3.63, 3.8) is 0 Å². The molecular weight excluding hydrogens is 260 g/mol. The van der Waals surface area contributed by atoms with E-state index in [9.17, 15) is 0 Å². The fraction of sp³-hybridized carbons (Fsp3) is 0.286. The largest absolute Gasteiger partial charge is 0.381 e. The van der Waals surface area contributed by atoms with Crippen LogP contribution in [0, 0.1) is 0 Å². The molecule has 1 aromatic heterocycles. The van der Waals surface area contributed by atoms with Crippen LogP contribution in [-0.4, -0.2) is 23.1 Å². The number of nitrogens with zero attached hydrogens (tertiary/aromatic N) is 2. The van der Waals surface area contributed by atoms with Gasteiger partial charge in [0.15, 0.2) is 0 Å². The van der Waals surface area contributed by atoms with Crippen molar-refractivity contribution in [1.82, 2.24) is 9.97 Å². The quantitative estimate of drug-likeness (QED) is 0.881. The maximum Gasteiger partial charge on any atom is 0.128 e. The minimum absolute atomic E-state index is 0.553. The normalized spacial score (nSPS) is 10.5. The number of nitrogens with two attached hydrogens (primary N) is 1. The summed E-state index contributed by atoms with van der Waals surface area (Å²) in [6.45, 7) is 3.25. The number of hydrogen-bond acceptors (Lipinski definition) is 4. The van der Waals surface area contributed by atoms with Crippen molar-refractivity contribution in [3.05, 3.63) is 41.3 Å². The number of rotatable bonds is 5. The van der Waals surface area contributed by atoms with Crippen LogP contribution < -0.4 is 11.1 Å². The average molecular weight is 277 g/mol. The molecule has 0 aliphatic carbocycles. The van der Waals surface area contributed by atoms with Crippen LogP contribution in [0.25, 0.3) is 11.3 Å². The molecule has 0 spiro atoms. The van der Waals surface area contributed by atoms with E-state index in [4.69, 9.17) is 17.3 Å². The predicted octanol–water partition coefficient (Wildman–Crippen LogP) is 2.73. The highest BCUT2D eigenvalue weighted by Crippen LogP contribution is 2.31. The molecule has 2 aromatic rings. The second-order valence-electron chi connectivity index (χ2n) is 4.10. The molecule has 0 radical (unpaired) electrons. The van der Waals surface area contributed by atoms with Crippen molar-refractivity contribution in [2.45, 2.75) is 13.3 Å². The Hall–Kier alpha value is -1.65. The van der Waals surface area contributed by atoms with Crippen molar-refractivity contribution in [2.24, 2.45) is 5.73 Å². The van der Waals surface area contributed by atoms with E-state index in [1.165, 1.54) is 0 Å². The van der Waals surface area contributed by atoms with Gasteiger partial charge in [-0.25, -0.2) is 9.97 Å². The minimum Gasteiger partial charge on any atom is -0.381 e. The number of anilines is 1. The van der Waals surface area contributed by atoms with Gasteiger partial charge in [0.25, 0.3) is 0 Å². The molecule has 0 aliphatic rings. The maximum absolute atomic E-state index is 6.25. The van der Waals surface area contributed by atoms with E-state index in [1.54, 1.807) is 6.20 Å². The first-order valence-electron chi connectivity index (χ1n) is 6.31. The fourth-order valence-corrected chi connectivity index (χ4v) is 2.01. The van der Waals surface area contributed by atoms with E-state index >= 15 is 0 Å². The third-order valence-corrected chi connectivity index (χ3v) is 3.07. The molecule has 1 heterocycles. The van der Waals surface area contributed by atoms with Crippen LogP contribution in [0.3, 0.4) is 0 Å². The number of aromatic nitrogens is 2. The van der Waals surface area contributed by atoms with Crippen LogP contribution in [0.2, 0.25) is 5.02 Å². The molecule has 2 rings (SSSR count). The molecule has 0 fully saturated rings. The van der Waals surface area contributed by atoms with E-state index in [2.05, 4.69) is 15.3 Å². The van der Waals surface area contributed by atoms with Crippen LogP contribution in [0.1, 0.15) is 12.7 Å². The van der Waals surface area contributed by atoms with Gasteiger partial charge < -0.3 is 11.1 Å². The van der Waals surface area contributed by atoms with Gasteiger partial charge in [0.05, 0.1) is 22.6 Å². The van der Waals surface area contributed by atoms with Gasteiger partial charge in [-0.3, -0.25) is 0 Å². The second-order valence-corrected chi connectivity index (χ2v) is 4.50. The Morgan fingerprint density at radius 2 is 2.11 bits per heavy atom. The van der Waals surface area contributed by atoms with Crippen molar-refractivity contribution in [3.8, 4) is 11.3 Å². The van der Waals surface area contributed by atoms with Crippen molar-refractivity contribution in [1.29, 1.82) is 0 Å². The third kappa shape index (κ3) is 3.22. The molecule has 5 heteroatoms. The summed E-state index contributed by atoms with van der Waals surface area (Å²) in [4.78, 5) is 8.88. The zero-order chi connectivity index (χ0) is 13.7. The smallest absolute Gasteiger partial charge is 0.128 e. The lowest BCUT2D eigenvalue weighted by atomic mass is 10.1. The zero-order valence-electron chi connectivity index (χ0n) is 10.9. The molecule has 0 unspecified atom stereocenters. The fourth-order valence-electron chi connectivity index (χ4n) is 1.78. The minimum atomic E-state index is 0.553. The van der Waals surface area contributed by atoms with Crippen LogP contribution in [0.5, 0.6) is 0 Å². The van der Waals surface area contributed by atoms with Gasteiger partial charge >= 0.3 is 0 Å². The average Bonchev–Trinajstić information content (AvgIpc) is 2.45. The lowest BCUT2D eigenvalue weighted by Gasteiger charge is -2.12. The molecule has 0 atom stereocenters. The summed E-state index contributed by atoms with van der Waals surface area (Å²) in [7, 11) is 0. The highest BCUT2D eigenvalue weighted by molar-refractivity contribution is 6.33. The van der Waals surface area contributed by atoms with Gasteiger partial charge in [0.2, 0.25) is 0 Å². The number of hydrogen-bond donors (Lipinski definition) is 2. The molecule has 0 saturated heterocycles. The molecule has 0 saturated carbocycles. The first kappa shape index (κ1) is 13.8. The Kier molecular flexibility index (Phi) is 4.71. The third-order valence-electron chi connectivity index (χ3n) is 2.74. The molecule has 3 N–H and O–H groups in total. The Labute approximate surface area is 118 Å². The van der Waals surface area contributed by atoms with Crippen molar-refractivity contribution in [2.75, 3.05) is 18.4 Å². The van der Waals surface area contributed by atoms with Gasteiger partial charge in [-0.2, -0.15) is 0 Å². The number of aryl methyl sites for hydroxylation is 1. The van der Waals surface area contributed by atoms with E-state index in [0.717, 1.165) is 29.2 Å². The second kappa shape index (κ2) is 6.50. The van der Waals surface area contributed by atoms with E-state index < -0.39 is 0 Å². The summed E-state index contributed by atoms with van der Waals surface area (Å²) >= 11 is 6.25. The van der Waals surface area contributed by atoms with Crippen LogP contribution in [-0.2, 0) is 6.42 Å². The molecule has 100 valence electrons. The van der Waals surface area contributed by atoms with Crippen LogP contribution >= 0.6 is 11.6 Å². The van der Waals surface area contributed by atoms with Gasteiger partial charge in [0.1, 0.15) is 5.82 Å². The lowest BCUT2D eigenvalue weighted by molar-refractivity contribution is 0.937. The van der Waals surface area contributed by atoms with Gasteiger partial charge in [-0.15, -0.1) is 0 Å². The molecule has 1 aromatic carbocycles. The highest BCUT2D eigenvalue weighted by Gasteiger charge is 2.11. The van der Waals surface area contributed by atoms with Gasteiger partial charge in [-0.1, -0.05) is 36.7 Å². The Balaban J connectivity index is 2.49. The van der Waals surface area contributed by atoms with E-state index in [0.29, 0.717) is 18.1 Å². The summed E-state index contributed by atoms with van der Waals surface area (Å²) in [5, 5.41) is 3.91. The summed E-state index contributed by atoms with van der Waals surface area (Å²) in [6, 6.07) is 7.66. The van der Waals surface area contributed by atoms with Crippen molar-refractivity contribution >= 4 is 17.3 Å². The van der Waals surface area contributed by atoms with Crippen LogP contribution in [0.4, 0.5) is 5.69 Å². The van der Waals surface area contributed by atoms with E-state index in [-0.39, 0.29) is 0 Å². The Bertz CT molecular complexity index is 557. The Morgan fingerprint density at radius 1 is 1.32 bits per heavy atom. The van der Waals surface area contributed by atoms with Crippen LogP contribution in [0.15, 0.2) is 30.5 Å². The van der Waals surface area contributed by atoms with E-state index in [1.807, 2.05) is 31.2 Å². The molecular formula is C14H17ClN4. The lowest BCUT2D eigenvalue weighted by Crippen LogP contribution is -2.14. The predicted molar refractivity (Wildman–Crippen MR) is 79.4 cm³/mol. The molecule has 0 aliphatic heterocycles. The highest BCUT2D eigenvalue weighted by atomic mass is 35.5. The number of benzene rings is 1.